The fourth-order valence-electron chi connectivity index (χ4n) is 1.77. The molecule has 0 radical (unpaired) electrons. The maximum atomic E-state index is 12.1. The summed E-state index contributed by atoms with van der Waals surface area (Å²) in [6.45, 7) is 1.99. The molecule has 112 valence electrons. The van der Waals surface area contributed by atoms with Crippen molar-refractivity contribution in [3.63, 3.8) is 0 Å². The zero-order valence-corrected chi connectivity index (χ0v) is 11.9. The van der Waals surface area contributed by atoms with Crippen LogP contribution in [0.5, 0.6) is 0 Å². The van der Waals surface area contributed by atoms with E-state index in [1.54, 1.807) is 13.8 Å². The number of carboxylic acid groups (broad SMARTS) is 1. The van der Waals surface area contributed by atoms with Gasteiger partial charge in [-0.15, -0.1) is 0 Å². The minimum atomic E-state index is -4.02. The molecule has 0 spiro atoms. The third-order valence-electron chi connectivity index (χ3n) is 2.80. The van der Waals surface area contributed by atoms with Crippen LogP contribution in [0.2, 0.25) is 0 Å². The van der Waals surface area contributed by atoms with Crippen molar-refractivity contribution < 1.29 is 28.5 Å². The van der Waals surface area contributed by atoms with Crippen LogP contribution in [0.4, 0.5) is 0 Å². The molecule has 0 saturated heterocycles. The summed E-state index contributed by atoms with van der Waals surface area (Å²) in [5.41, 5.74) is 0.727. The van der Waals surface area contributed by atoms with Crippen molar-refractivity contribution in [2.24, 2.45) is 0 Å². The highest BCUT2D eigenvalue weighted by Crippen LogP contribution is 2.20. The van der Waals surface area contributed by atoms with Crippen molar-refractivity contribution in [3.05, 3.63) is 28.8 Å². The van der Waals surface area contributed by atoms with Crippen LogP contribution in [-0.2, 0) is 10.0 Å². The van der Waals surface area contributed by atoms with Crippen LogP contribution in [0.1, 0.15) is 21.5 Å². The van der Waals surface area contributed by atoms with Crippen LogP contribution in [0.25, 0.3) is 0 Å². The molecule has 0 fully saturated rings. The summed E-state index contributed by atoms with van der Waals surface area (Å²) in [4.78, 5) is 10.9. The first-order valence-corrected chi connectivity index (χ1v) is 7.29. The van der Waals surface area contributed by atoms with Crippen molar-refractivity contribution in [3.8, 4) is 0 Å². The normalized spacial score (nSPS) is 11.8. The summed E-state index contributed by atoms with van der Waals surface area (Å²) in [5.74, 6) is -1.22. The van der Waals surface area contributed by atoms with Crippen molar-refractivity contribution >= 4 is 16.0 Å². The largest absolute Gasteiger partial charge is 0.478 e. The molecule has 0 unspecified atom stereocenters. The predicted molar refractivity (Wildman–Crippen MR) is 71.2 cm³/mol. The highest BCUT2D eigenvalue weighted by molar-refractivity contribution is 7.89. The van der Waals surface area contributed by atoms with E-state index in [0.29, 0.717) is 11.1 Å². The summed E-state index contributed by atoms with van der Waals surface area (Å²) in [7, 11) is -4.02. The van der Waals surface area contributed by atoms with E-state index < -0.39 is 35.2 Å². The molecule has 0 aliphatic rings. The standard InChI is InChI=1S/C12H17NO6S/c1-7-3-8(2)11(4-10(7)12(16)17)20(18,19)13-9(5-14)6-15/h3-4,9,13-15H,5-6H2,1-2H3,(H,16,17). The zero-order chi connectivity index (χ0) is 15.5. The van der Waals surface area contributed by atoms with Gasteiger partial charge in [0.05, 0.1) is 29.7 Å². The quantitative estimate of drug-likeness (QED) is 0.568. The number of aryl methyl sites for hydroxylation is 2. The number of carbonyl (C=O) groups is 1. The Morgan fingerprint density at radius 2 is 1.75 bits per heavy atom. The van der Waals surface area contributed by atoms with Gasteiger partial charge in [-0.2, -0.15) is 0 Å². The van der Waals surface area contributed by atoms with Crippen LogP contribution in [0, 0.1) is 13.8 Å². The van der Waals surface area contributed by atoms with Crippen LogP contribution < -0.4 is 4.72 Å². The maximum absolute atomic E-state index is 12.1. The number of hydrogen-bond acceptors (Lipinski definition) is 5. The lowest BCUT2D eigenvalue weighted by molar-refractivity contribution is 0.0696. The molecule has 0 aliphatic carbocycles. The first-order chi connectivity index (χ1) is 9.22. The minimum Gasteiger partial charge on any atom is -0.478 e. The second kappa shape index (κ2) is 6.31. The van der Waals surface area contributed by atoms with E-state index in [1.165, 1.54) is 6.07 Å². The van der Waals surface area contributed by atoms with Crippen LogP contribution >= 0.6 is 0 Å². The lowest BCUT2D eigenvalue weighted by atomic mass is 10.1. The molecule has 7 nitrogen and oxygen atoms in total. The highest BCUT2D eigenvalue weighted by atomic mass is 32.2. The number of sulfonamides is 1. The topological polar surface area (TPSA) is 124 Å². The van der Waals surface area contributed by atoms with Crippen molar-refractivity contribution in [1.82, 2.24) is 4.72 Å². The molecule has 4 N–H and O–H groups in total. The Morgan fingerprint density at radius 3 is 2.20 bits per heavy atom. The molecule has 1 aromatic carbocycles. The summed E-state index contributed by atoms with van der Waals surface area (Å²) in [5, 5.41) is 26.8. The van der Waals surface area contributed by atoms with Gasteiger partial charge in [0.25, 0.3) is 0 Å². The van der Waals surface area contributed by atoms with Gasteiger partial charge in [-0.1, -0.05) is 6.07 Å². The van der Waals surface area contributed by atoms with Crippen LogP contribution in [0.15, 0.2) is 17.0 Å². The van der Waals surface area contributed by atoms with Gasteiger partial charge in [-0.3, -0.25) is 0 Å². The summed E-state index contributed by atoms with van der Waals surface area (Å²) in [6.07, 6.45) is 0. The van der Waals surface area contributed by atoms with E-state index >= 15 is 0 Å². The van der Waals surface area contributed by atoms with Crippen LogP contribution in [0.3, 0.4) is 0 Å². The zero-order valence-electron chi connectivity index (χ0n) is 11.1. The number of aliphatic hydroxyl groups excluding tert-OH is 2. The molecule has 0 bridgehead atoms. The minimum absolute atomic E-state index is 0.111. The third kappa shape index (κ3) is 3.54. The van der Waals surface area contributed by atoms with E-state index in [1.807, 2.05) is 0 Å². The van der Waals surface area contributed by atoms with Gasteiger partial charge >= 0.3 is 5.97 Å². The van der Waals surface area contributed by atoms with Gasteiger partial charge in [0.15, 0.2) is 0 Å². The summed E-state index contributed by atoms with van der Waals surface area (Å²) < 4.78 is 26.4. The monoisotopic (exact) mass is 303 g/mol. The molecular weight excluding hydrogens is 286 g/mol. The molecule has 20 heavy (non-hydrogen) atoms. The maximum Gasteiger partial charge on any atom is 0.335 e. The lowest BCUT2D eigenvalue weighted by Crippen LogP contribution is -2.40. The summed E-state index contributed by atoms with van der Waals surface area (Å²) in [6, 6.07) is 1.50. The predicted octanol–water partition coefficient (Wildman–Crippen LogP) is -0.367. The van der Waals surface area contributed by atoms with Gasteiger partial charge in [0.1, 0.15) is 0 Å². The second-order valence-corrected chi connectivity index (χ2v) is 6.10. The molecule has 0 aliphatic heterocycles. The molecule has 0 aromatic heterocycles. The molecule has 0 saturated carbocycles. The summed E-state index contributed by atoms with van der Waals surface area (Å²) >= 11 is 0. The average Bonchev–Trinajstić information content (AvgIpc) is 2.35. The van der Waals surface area contributed by atoms with E-state index in [-0.39, 0.29) is 10.5 Å². The van der Waals surface area contributed by atoms with Gasteiger partial charge in [0.2, 0.25) is 10.0 Å². The molecule has 1 aromatic rings. The number of aromatic carboxylic acids is 1. The molecule has 8 heteroatoms. The number of nitrogens with one attached hydrogen (secondary N) is 1. The molecule has 0 heterocycles. The van der Waals surface area contributed by atoms with Gasteiger partial charge in [0, 0.05) is 0 Å². The molecule has 0 atom stereocenters. The Morgan fingerprint density at radius 1 is 1.20 bits per heavy atom. The van der Waals surface area contributed by atoms with Gasteiger partial charge < -0.3 is 15.3 Å². The van der Waals surface area contributed by atoms with Crippen molar-refractivity contribution in [1.29, 1.82) is 0 Å². The molecule has 0 amide bonds. The van der Waals surface area contributed by atoms with E-state index in [0.717, 1.165) is 6.07 Å². The number of carboxylic acids is 1. The Kier molecular flexibility index (Phi) is 5.23. The van der Waals surface area contributed by atoms with Crippen molar-refractivity contribution in [2.75, 3.05) is 13.2 Å². The van der Waals surface area contributed by atoms with E-state index in [2.05, 4.69) is 4.72 Å². The number of benzene rings is 1. The number of hydrogen-bond donors (Lipinski definition) is 4. The van der Waals surface area contributed by atoms with Gasteiger partial charge in [-0.25, -0.2) is 17.9 Å². The fraction of sp³-hybridized carbons (Fsp3) is 0.417. The fourth-order valence-corrected chi connectivity index (χ4v) is 3.24. The average molecular weight is 303 g/mol. The highest BCUT2D eigenvalue weighted by Gasteiger charge is 2.23. The Labute approximate surface area is 116 Å². The number of rotatable bonds is 6. The molecular formula is C12H17NO6S. The van der Waals surface area contributed by atoms with E-state index in [9.17, 15) is 13.2 Å². The second-order valence-electron chi connectivity index (χ2n) is 4.42. The van der Waals surface area contributed by atoms with Gasteiger partial charge in [-0.05, 0) is 31.0 Å². The number of aliphatic hydroxyl groups is 2. The van der Waals surface area contributed by atoms with Crippen molar-refractivity contribution in [2.45, 2.75) is 24.8 Å². The Bertz CT molecular complexity index is 607. The Balaban J connectivity index is 3.31. The Hall–Kier alpha value is -1.48. The van der Waals surface area contributed by atoms with E-state index in [4.69, 9.17) is 15.3 Å². The first kappa shape index (κ1) is 16.6. The lowest BCUT2D eigenvalue weighted by Gasteiger charge is -2.16. The first-order valence-electron chi connectivity index (χ1n) is 5.81. The third-order valence-corrected chi connectivity index (χ3v) is 4.47. The van der Waals surface area contributed by atoms with Crippen LogP contribution in [-0.4, -0.2) is 49.0 Å². The SMILES string of the molecule is Cc1cc(C)c(S(=O)(=O)NC(CO)CO)cc1C(=O)O. The smallest absolute Gasteiger partial charge is 0.335 e. The molecule has 1 rings (SSSR count).